The number of carbonyl (C=O) groups excluding carboxylic acids is 1. The van der Waals surface area contributed by atoms with Crippen LogP contribution in [0.15, 0.2) is 12.4 Å². The van der Waals surface area contributed by atoms with E-state index in [0.717, 1.165) is 13.0 Å². The fourth-order valence-electron chi connectivity index (χ4n) is 1.37. The van der Waals surface area contributed by atoms with Crippen molar-refractivity contribution < 1.29 is 14.3 Å². The number of aromatic nitrogens is 2. The third-order valence-electron chi connectivity index (χ3n) is 2.32. The van der Waals surface area contributed by atoms with Crippen LogP contribution in [0.2, 0.25) is 0 Å². The Morgan fingerprint density at radius 2 is 2.00 bits per heavy atom. The minimum Gasteiger partial charge on any atom is -0.385 e. The Morgan fingerprint density at radius 1 is 1.21 bits per heavy atom. The van der Waals surface area contributed by atoms with Gasteiger partial charge in [-0.1, -0.05) is 0 Å². The van der Waals surface area contributed by atoms with Crippen molar-refractivity contribution in [3.63, 3.8) is 0 Å². The first kappa shape index (κ1) is 15.3. The summed E-state index contributed by atoms with van der Waals surface area (Å²) in [5, 5.41) is 5.81. The lowest BCUT2D eigenvalue weighted by Gasteiger charge is -2.07. The summed E-state index contributed by atoms with van der Waals surface area (Å²) in [5.74, 6) is 0.391. The summed E-state index contributed by atoms with van der Waals surface area (Å²) in [5.41, 5.74) is 0.334. The van der Waals surface area contributed by atoms with E-state index in [2.05, 4.69) is 20.6 Å². The number of methoxy groups -OCH3 is 2. The number of ether oxygens (including phenoxy) is 2. The molecule has 0 aliphatic carbocycles. The largest absolute Gasteiger partial charge is 0.385 e. The van der Waals surface area contributed by atoms with Crippen LogP contribution in [-0.4, -0.2) is 56.4 Å². The van der Waals surface area contributed by atoms with Crippen molar-refractivity contribution in [2.45, 2.75) is 6.42 Å². The van der Waals surface area contributed by atoms with Crippen molar-refractivity contribution in [2.24, 2.45) is 0 Å². The fourth-order valence-corrected chi connectivity index (χ4v) is 1.37. The standard InChI is InChI=1S/C12H20N4O3/c1-18-6-3-4-13-11-8-10(15-9-16-11)12(17)14-5-7-19-2/h8-9H,3-7H2,1-2H3,(H,14,17)(H,13,15,16). The molecule has 0 aliphatic heterocycles. The van der Waals surface area contributed by atoms with Crippen molar-refractivity contribution >= 4 is 11.7 Å². The Bertz CT molecular complexity index is 387. The van der Waals surface area contributed by atoms with Gasteiger partial charge in [-0.3, -0.25) is 4.79 Å². The third-order valence-corrected chi connectivity index (χ3v) is 2.32. The second-order valence-electron chi connectivity index (χ2n) is 3.81. The zero-order valence-electron chi connectivity index (χ0n) is 11.3. The highest BCUT2D eigenvalue weighted by molar-refractivity contribution is 5.92. The van der Waals surface area contributed by atoms with Gasteiger partial charge >= 0.3 is 0 Å². The smallest absolute Gasteiger partial charge is 0.270 e. The number of hydrogen-bond acceptors (Lipinski definition) is 6. The topological polar surface area (TPSA) is 85.4 Å². The lowest BCUT2D eigenvalue weighted by Crippen LogP contribution is -2.27. The Morgan fingerprint density at radius 3 is 2.74 bits per heavy atom. The summed E-state index contributed by atoms with van der Waals surface area (Å²) in [4.78, 5) is 19.7. The molecule has 106 valence electrons. The van der Waals surface area contributed by atoms with Crippen LogP contribution in [0.3, 0.4) is 0 Å². The normalized spacial score (nSPS) is 10.2. The summed E-state index contributed by atoms with van der Waals surface area (Å²) >= 11 is 0. The van der Waals surface area contributed by atoms with Crippen LogP contribution < -0.4 is 10.6 Å². The van der Waals surface area contributed by atoms with E-state index >= 15 is 0 Å². The van der Waals surface area contributed by atoms with E-state index in [1.54, 1.807) is 20.3 Å². The highest BCUT2D eigenvalue weighted by Crippen LogP contribution is 2.03. The van der Waals surface area contributed by atoms with E-state index in [9.17, 15) is 4.79 Å². The highest BCUT2D eigenvalue weighted by atomic mass is 16.5. The molecule has 2 N–H and O–H groups in total. The predicted molar refractivity (Wildman–Crippen MR) is 71.2 cm³/mol. The molecule has 0 fully saturated rings. The Labute approximate surface area is 112 Å². The molecule has 0 atom stereocenters. The Hall–Kier alpha value is -1.73. The van der Waals surface area contributed by atoms with Gasteiger partial charge in [0.05, 0.1) is 6.61 Å². The number of amides is 1. The molecule has 1 aromatic heterocycles. The quantitative estimate of drug-likeness (QED) is 0.627. The molecule has 1 amide bonds. The molecule has 0 saturated carbocycles. The molecule has 0 aromatic carbocycles. The zero-order chi connectivity index (χ0) is 13.9. The molecule has 0 aliphatic rings. The first-order valence-corrected chi connectivity index (χ1v) is 6.10. The molecular formula is C12H20N4O3. The minimum atomic E-state index is -0.237. The van der Waals surface area contributed by atoms with Gasteiger partial charge in [-0.05, 0) is 6.42 Å². The second kappa shape index (κ2) is 9.23. The number of nitrogens with one attached hydrogen (secondary N) is 2. The molecule has 1 aromatic rings. The van der Waals surface area contributed by atoms with Gasteiger partial charge in [-0.15, -0.1) is 0 Å². The average Bonchev–Trinajstić information content (AvgIpc) is 2.44. The van der Waals surface area contributed by atoms with Gasteiger partial charge in [0, 0.05) is 40.0 Å². The Balaban J connectivity index is 2.44. The minimum absolute atomic E-state index is 0.237. The van der Waals surface area contributed by atoms with Crippen LogP contribution in [0, 0.1) is 0 Å². The number of nitrogens with zero attached hydrogens (tertiary/aromatic N) is 2. The molecule has 7 nitrogen and oxygen atoms in total. The monoisotopic (exact) mass is 268 g/mol. The van der Waals surface area contributed by atoms with Gasteiger partial charge in [0.1, 0.15) is 17.8 Å². The maximum atomic E-state index is 11.7. The molecule has 0 spiro atoms. The molecule has 0 unspecified atom stereocenters. The first-order chi connectivity index (χ1) is 9.27. The number of rotatable bonds is 9. The van der Waals surface area contributed by atoms with Gasteiger partial charge in [0.2, 0.25) is 0 Å². The summed E-state index contributed by atoms with van der Waals surface area (Å²) in [6.07, 6.45) is 2.24. The lowest BCUT2D eigenvalue weighted by atomic mass is 10.3. The molecule has 7 heteroatoms. The van der Waals surface area contributed by atoms with E-state index in [1.165, 1.54) is 6.33 Å². The fraction of sp³-hybridized carbons (Fsp3) is 0.583. The summed E-state index contributed by atoms with van der Waals surface area (Å²) in [6.45, 7) is 2.34. The summed E-state index contributed by atoms with van der Waals surface area (Å²) < 4.78 is 9.80. The van der Waals surface area contributed by atoms with E-state index < -0.39 is 0 Å². The van der Waals surface area contributed by atoms with Crippen molar-refractivity contribution in [3.8, 4) is 0 Å². The molecule has 19 heavy (non-hydrogen) atoms. The van der Waals surface area contributed by atoms with Crippen molar-refractivity contribution in [2.75, 3.05) is 45.8 Å². The van der Waals surface area contributed by atoms with Gasteiger partial charge in [-0.25, -0.2) is 9.97 Å². The van der Waals surface area contributed by atoms with Crippen LogP contribution in [-0.2, 0) is 9.47 Å². The van der Waals surface area contributed by atoms with E-state index in [1.807, 2.05) is 0 Å². The van der Waals surface area contributed by atoms with Gasteiger partial charge < -0.3 is 20.1 Å². The molecule has 0 bridgehead atoms. The zero-order valence-corrected chi connectivity index (χ0v) is 11.3. The molecular weight excluding hydrogens is 248 g/mol. The van der Waals surface area contributed by atoms with Crippen LogP contribution in [0.1, 0.15) is 16.9 Å². The van der Waals surface area contributed by atoms with E-state index in [-0.39, 0.29) is 5.91 Å². The van der Waals surface area contributed by atoms with Crippen molar-refractivity contribution in [1.82, 2.24) is 15.3 Å². The second-order valence-corrected chi connectivity index (χ2v) is 3.81. The van der Waals surface area contributed by atoms with Gasteiger partial charge in [0.15, 0.2) is 0 Å². The van der Waals surface area contributed by atoms with E-state index in [4.69, 9.17) is 9.47 Å². The lowest BCUT2D eigenvalue weighted by molar-refractivity contribution is 0.0932. The predicted octanol–water partition coefficient (Wildman–Crippen LogP) is 0.301. The number of anilines is 1. The first-order valence-electron chi connectivity index (χ1n) is 6.10. The van der Waals surface area contributed by atoms with E-state index in [0.29, 0.717) is 31.3 Å². The van der Waals surface area contributed by atoms with Crippen LogP contribution in [0.25, 0.3) is 0 Å². The summed E-state index contributed by atoms with van der Waals surface area (Å²) in [7, 11) is 3.24. The van der Waals surface area contributed by atoms with Gasteiger partial charge in [-0.2, -0.15) is 0 Å². The average molecular weight is 268 g/mol. The molecule has 1 rings (SSSR count). The molecule has 0 radical (unpaired) electrons. The number of carbonyl (C=O) groups is 1. The van der Waals surface area contributed by atoms with Crippen LogP contribution in [0.5, 0.6) is 0 Å². The highest BCUT2D eigenvalue weighted by Gasteiger charge is 2.07. The third kappa shape index (κ3) is 6.12. The Kier molecular flexibility index (Phi) is 7.45. The van der Waals surface area contributed by atoms with Crippen molar-refractivity contribution in [3.05, 3.63) is 18.1 Å². The van der Waals surface area contributed by atoms with Crippen LogP contribution >= 0.6 is 0 Å². The molecule has 0 saturated heterocycles. The SMILES string of the molecule is COCCCNc1cc(C(=O)NCCOC)ncn1. The van der Waals surface area contributed by atoms with Gasteiger partial charge in [0.25, 0.3) is 5.91 Å². The van der Waals surface area contributed by atoms with Crippen molar-refractivity contribution in [1.29, 1.82) is 0 Å². The maximum Gasteiger partial charge on any atom is 0.270 e. The molecule has 1 heterocycles. The maximum absolute atomic E-state index is 11.7. The summed E-state index contributed by atoms with van der Waals surface area (Å²) in [6, 6.07) is 1.62. The van der Waals surface area contributed by atoms with Crippen LogP contribution in [0.4, 0.5) is 5.82 Å². The number of hydrogen-bond donors (Lipinski definition) is 2.